The first-order valence-corrected chi connectivity index (χ1v) is 15.2. The fraction of sp³-hybridized carbons (Fsp3) is 0.909. The number of fused-ring (bicyclic) bond motifs is 1. The topological polar surface area (TPSA) is 126 Å². The second-order valence-electron chi connectivity index (χ2n) is 11.3. The van der Waals surface area contributed by atoms with Gasteiger partial charge in [-0.3, -0.25) is 15.1 Å². The molecule has 0 spiro atoms. The second kappa shape index (κ2) is 9.41. The molecular weight excluding hydrogens is 490 g/mol. The lowest BCUT2D eigenvalue weighted by Gasteiger charge is -2.49. The van der Waals surface area contributed by atoms with Crippen molar-refractivity contribution in [2.24, 2.45) is 5.92 Å². The van der Waals surface area contributed by atoms with Gasteiger partial charge in [-0.25, -0.2) is 33.8 Å². The number of nitrogens with zero attached hydrogens (tertiary/aromatic N) is 3. The summed E-state index contributed by atoms with van der Waals surface area (Å²) in [7, 11) is -1.55. The highest BCUT2D eigenvalue weighted by Gasteiger charge is 2.53. The number of rotatable bonds is 7. The van der Waals surface area contributed by atoms with E-state index in [1.165, 1.54) is 4.90 Å². The van der Waals surface area contributed by atoms with Gasteiger partial charge in [0.15, 0.2) is 0 Å². The Balaban J connectivity index is 1.37. The first-order chi connectivity index (χ1) is 16.5. The van der Waals surface area contributed by atoms with Crippen LogP contribution in [0, 0.1) is 5.92 Å². The van der Waals surface area contributed by atoms with Gasteiger partial charge in [0.25, 0.3) is 0 Å². The molecule has 3 amide bonds. The van der Waals surface area contributed by atoms with Crippen molar-refractivity contribution < 1.29 is 18.0 Å². The lowest BCUT2D eigenvalue weighted by Crippen LogP contribution is -2.66. The minimum atomic E-state index is -3.54. The Morgan fingerprint density at radius 2 is 1.86 bits per heavy atom. The third-order valence-corrected chi connectivity index (χ3v) is 11.4. The maximum atomic E-state index is 13.7. The van der Waals surface area contributed by atoms with Gasteiger partial charge in [-0.15, -0.1) is 11.8 Å². The van der Waals surface area contributed by atoms with Crippen LogP contribution < -0.4 is 21.0 Å². The molecule has 0 aromatic carbocycles. The molecule has 13 heteroatoms. The average molecular weight is 530 g/mol. The predicted octanol–water partition coefficient (Wildman–Crippen LogP) is 0.370. The highest BCUT2D eigenvalue weighted by Crippen LogP contribution is 2.40. The van der Waals surface area contributed by atoms with Crippen LogP contribution in [0.1, 0.15) is 59.3 Å². The molecule has 5 aliphatic rings. The zero-order valence-corrected chi connectivity index (χ0v) is 22.6. The molecule has 3 saturated heterocycles. The van der Waals surface area contributed by atoms with Crippen molar-refractivity contribution in [3.05, 3.63) is 0 Å². The van der Waals surface area contributed by atoms with E-state index >= 15 is 0 Å². The molecule has 0 aromatic rings. The van der Waals surface area contributed by atoms with Crippen LogP contribution in [0.4, 0.5) is 4.79 Å². The smallest absolute Gasteiger partial charge is 0.319 e. The normalized spacial score (nSPS) is 39.8. The van der Waals surface area contributed by atoms with Crippen LogP contribution in [0.2, 0.25) is 0 Å². The van der Waals surface area contributed by atoms with Crippen LogP contribution in [-0.2, 0) is 14.8 Å². The molecule has 2 aliphatic carbocycles. The summed E-state index contributed by atoms with van der Waals surface area (Å²) < 4.78 is 29.2. The van der Waals surface area contributed by atoms with Crippen molar-refractivity contribution in [1.29, 1.82) is 0 Å². The van der Waals surface area contributed by atoms with Gasteiger partial charge in [0, 0.05) is 37.3 Å². The summed E-state index contributed by atoms with van der Waals surface area (Å²) in [6.07, 6.45) is 3.84. The van der Waals surface area contributed by atoms with Gasteiger partial charge in [0.05, 0.1) is 28.5 Å². The average Bonchev–Trinajstić information content (AvgIpc) is 3.20. The number of hydrogen-bond acceptors (Lipinski definition) is 9. The van der Waals surface area contributed by atoms with Crippen LogP contribution >= 0.6 is 11.8 Å². The van der Waals surface area contributed by atoms with Gasteiger partial charge in [-0.05, 0) is 59.3 Å². The van der Waals surface area contributed by atoms with Gasteiger partial charge < -0.3 is 4.90 Å². The minimum absolute atomic E-state index is 0.105. The molecule has 7 unspecified atom stereocenters. The molecule has 5 rings (SSSR count). The van der Waals surface area contributed by atoms with E-state index in [-0.39, 0.29) is 53.3 Å². The van der Waals surface area contributed by atoms with Gasteiger partial charge in [-0.1, -0.05) is 0 Å². The highest BCUT2D eigenvalue weighted by molar-refractivity contribution is 8.00. The number of carbonyl (C=O) groups is 2. The van der Waals surface area contributed by atoms with E-state index in [0.717, 1.165) is 19.3 Å². The number of imide groups is 1. The fourth-order valence-corrected chi connectivity index (χ4v) is 8.97. The lowest BCUT2D eigenvalue weighted by atomic mass is 9.80. The van der Waals surface area contributed by atoms with E-state index in [1.54, 1.807) is 11.8 Å². The summed E-state index contributed by atoms with van der Waals surface area (Å²) in [4.78, 5) is 30.6. The van der Waals surface area contributed by atoms with E-state index in [1.807, 2.05) is 25.8 Å². The maximum absolute atomic E-state index is 13.7. The standard InChI is InChI=1S/C22H39N7O4S2/c1-13-9-15(27(4)25-13)11-28-18-6-5-16(35(32,33)26-22(3)7-8-22)10-17(18)20(30)29(21(28)31)12-19-24-23-14(2)34-19/h13-19,23-26H,5-12H2,1-4H3. The summed E-state index contributed by atoms with van der Waals surface area (Å²) in [5.41, 5.74) is 9.33. The number of hydrogen-bond donors (Lipinski definition) is 4. The van der Waals surface area contributed by atoms with Crippen LogP contribution in [0.25, 0.3) is 0 Å². The van der Waals surface area contributed by atoms with Crippen LogP contribution in [-0.4, -0.2) is 95.0 Å². The monoisotopic (exact) mass is 529 g/mol. The maximum Gasteiger partial charge on any atom is 0.327 e. The van der Waals surface area contributed by atoms with E-state index in [4.69, 9.17) is 0 Å². The van der Waals surface area contributed by atoms with Crippen molar-refractivity contribution in [2.75, 3.05) is 20.1 Å². The summed E-state index contributed by atoms with van der Waals surface area (Å²) in [5, 5.41) is 1.52. The van der Waals surface area contributed by atoms with Gasteiger partial charge in [-0.2, -0.15) is 0 Å². The molecule has 3 aliphatic heterocycles. The number of urea groups is 1. The van der Waals surface area contributed by atoms with E-state index < -0.39 is 21.2 Å². The van der Waals surface area contributed by atoms with E-state index in [9.17, 15) is 18.0 Å². The Hall–Kier alpha value is -0.960. The number of thioether (sulfide) groups is 1. The molecule has 0 bridgehead atoms. The number of nitrogens with one attached hydrogen (secondary N) is 4. The number of amides is 3. The largest absolute Gasteiger partial charge is 0.327 e. The number of hydrazine groups is 2. The van der Waals surface area contributed by atoms with E-state index in [0.29, 0.717) is 25.4 Å². The van der Waals surface area contributed by atoms with Crippen LogP contribution in [0.3, 0.4) is 0 Å². The molecule has 3 heterocycles. The molecule has 11 nitrogen and oxygen atoms in total. The molecule has 5 fully saturated rings. The Kier molecular flexibility index (Phi) is 6.90. The Morgan fingerprint density at radius 3 is 2.46 bits per heavy atom. The van der Waals surface area contributed by atoms with Gasteiger partial charge in [0.2, 0.25) is 15.9 Å². The van der Waals surface area contributed by atoms with Crippen LogP contribution in [0.5, 0.6) is 0 Å². The third-order valence-electron chi connectivity index (χ3n) is 8.22. The summed E-state index contributed by atoms with van der Waals surface area (Å²) >= 11 is 1.63. The molecule has 35 heavy (non-hydrogen) atoms. The molecule has 7 atom stereocenters. The molecule has 4 N–H and O–H groups in total. The summed E-state index contributed by atoms with van der Waals surface area (Å²) in [6, 6.07) is -0.0556. The molecule has 198 valence electrons. The molecule has 0 aromatic heterocycles. The quantitative estimate of drug-likeness (QED) is 0.370. The van der Waals surface area contributed by atoms with Gasteiger partial charge in [0.1, 0.15) is 0 Å². The first kappa shape index (κ1) is 25.7. The van der Waals surface area contributed by atoms with Crippen molar-refractivity contribution in [3.63, 3.8) is 0 Å². The second-order valence-corrected chi connectivity index (χ2v) is 14.8. The first-order valence-electron chi connectivity index (χ1n) is 12.8. The zero-order valence-electron chi connectivity index (χ0n) is 21.0. The molecule has 0 radical (unpaired) electrons. The minimum Gasteiger partial charge on any atom is -0.319 e. The lowest BCUT2D eigenvalue weighted by molar-refractivity contribution is -0.140. The van der Waals surface area contributed by atoms with Crippen molar-refractivity contribution in [2.45, 2.75) is 99.0 Å². The molecular formula is C22H39N7O4S2. The van der Waals surface area contributed by atoms with Crippen molar-refractivity contribution >= 4 is 33.7 Å². The SMILES string of the molecule is CC1CC(CN2C(=O)N(CC3NNC(C)S3)C(=O)C3CC(S(=O)(=O)NC4(C)CC4)CCC32)N(C)N1. The van der Waals surface area contributed by atoms with Crippen LogP contribution in [0.15, 0.2) is 0 Å². The number of carbonyl (C=O) groups excluding carboxylic acids is 2. The van der Waals surface area contributed by atoms with E-state index in [2.05, 4.69) is 32.9 Å². The predicted molar refractivity (Wildman–Crippen MR) is 134 cm³/mol. The van der Waals surface area contributed by atoms with Crippen molar-refractivity contribution in [3.8, 4) is 0 Å². The Morgan fingerprint density at radius 1 is 1.11 bits per heavy atom. The number of sulfonamides is 1. The Labute approximate surface area is 212 Å². The highest BCUT2D eigenvalue weighted by atomic mass is 32.2. The van der Waals surface area contributed by atoms with Gasteiger partial charge >= 0.3 is 6.03 Å². The van der Waals surface area contributed by atoms with Crippen molar-refractivity contribution in [1.82, 2.24) is 35.8 Å². The third kappa shape index (κ3) is 5.23. The summed E-state index contributed by atoms with van der Waals surface area (Å²) in [5.74, 6) is -0.745. The molecule has 2 saturated carbocycles. The zero-order chi connectivity index (χ0) is 25.1. The summed E-state index contributed by atoms with van der Waals surface area (Å²) in [6.45, 7) is 6.84. The fourth-order valence-electron chi connectivity index (χ4n) is 6.00. The Bertz CT molecular complexity index is 961. The number of likely N-dealkylation sites (N-methyl/N-ethyl adjacent to an activating group) is 1.